The van der Waals surface area contributed by atoms with E-state index in [1.165, 1.54) is 6.07 Å². The molecule has 6 nitrogen and oxygen atoms in total. The number of nitrogens with zero attached hydrogens (tertiary/aromatic N) is 2. The molecule has 0 spiro atoms. The Kier molecular flexibility index (Phi) is 3.14. The van der Waals surface area contributed by atoms with Crippen LogP contribution in [-0.2, 0) is 0 Å². The van der Waals surface area contributed by atoms with Crippen LogP contribution in [0.2, 0.25) is 0 Å². The predicted molar refractivity (Wildman–Crippen MR) is 101 cm³/mol. The number of carboxylic acid groups (broad SMARTS) is 1. The highest BCUT2D eigenvalue weighted by Crippen LogP contribution is 2.42. The molecular weight excluding hydrogens is 342 g/mol. The van der Waals surface area contributed by atoms with E-state index in [1.54, 1.807) is 12.1 Å². The van der Waals surface area contributed by atoms with E-state index in [-0.39, 0.29) is 5.56 Å². The third-order valence-electron chi connectivity index (χ3n) is 4.86. The van der Waals surface area contributed by atoms with Crippen molar-refractivity contribution in [1.29, 1.82) is 0 Å². The van der Waals surface area contributed by atoms with Crippen molar-refractivity contribution < 1.29 is 15.1 Å². The number of aromatic carboxylic acids is 1. The largest absolute Gasteiger partial charge is 0.478 e. The maximum absolute atomic E-state index is 11.2. The number of benzene rings is 3. The Morgan fingerprint density at radius 2 is 1.67 bits per heavy atom. The molecule has 6 heteroatoms. The molecule has 0 saturated carbocycles. The van der Waals surface area contributed by atoms with Gasteiger partial charge < -0.3 is 15.3 Å². The third-order valence-corrected chi connectivity index (χ3v) is 4.86. The highest BCUT2D eigenvalue weighted by Gasteiger charge is 2.28. The van der Waals surface area contributed by atoms with Crippen LogP contribution in [0.1, 0.15) is 21.5 Å². The van der Waals surface area contributed by atoms with Crippen LogP contribution in [0.5, 0.6) is 0 Å². The molecule has 0 aliphatic heterocycles. The molecule has 0 fully saturated rings. The molecule has 3 aromatic carbocycles. The van der Waals surface area contributed by atoms with Crippen LogP contribution >= 0.6 is 0 Å². The van der Waals surface area contributed by atoms with Gasteiger partial charge in [-0.2, -0.15) is 0 Å². The average molecular weight is 355 g/mol. The predicted octanol–water partition coefficient (Wildman–Crippen LogP) is 4.14. The van der Waals surface area contributed by atoms with Crippen molar-refractivity contribution in [3.63, 3.8) is 0 Å². The molecule has 0 bridgehead atoms. The number of carboxylic acids is 1. The summed E-state index contributed by atoms with van der Waals surface area (Å²) in [4.78, 5) is 19.1. The van der Waals surface area contributed by atoms with Gasteiger partial charge in [0.25, 0.3) is 0 Å². The van der Waals surface area contributed by atoms with E-state index in [4.69, 9.17) is 0 Å². The lowest BCUT2D eigenvalue weighted by Gasteiger charge is -2.06. The molecule has 1 heterocycles. The van der Waals surface area contributed by atoms with E-state index >= 15 is 0 Å². The molecule has 5 rings (SSSR count). The van der Waals surface area contributed by atoms with Crippen molar-refractivity contribution in [2.24, 2.45) is 5.16 Å². The summed E-state index contributed by atoms with van der Waals surface area (Å²) in [6.45, 7) is 0. The van der Waals surface area contributed by atoms with Gasteiger partial charge in [-0.25, -0.2) is 9.78 Å². The zero-order valence-electron chi connectivity index (χ0n) is 14.0. The van der Waals surface area contributed by atoms with Crippen LogP contribution in [-0.4, -0.2) is 32.0 Å². The molecule has 0 saturated heterocycles. The molecular formula is C21H13N3O3. The highest BCUT2D eigenvalue weighted by molar-refractivity contribution is 6.26. The number of hydrogen-bond acceptors (Lipinski definition) is 4. The second-order valence-electron chi connectivity index (χ2n) is 6.34. The monoisotopic (exact) mass is 355 g/mol. The lowest BCUT2D eigenvalue weighted by molar-refractivity contribution is 0.0697. The summed E-state index contributed by atoms with van der Waals surface area (Å²) in [5, 5.41) is 22.2. The summed E-state index contributed by atoms with van der Waals surface area (Å²) in [5.41, 5.74) is 6.57. The Labute approximate surface area is 153 Å². The van der Waals surface area contributed by atoms with Crippen LogP contribution in [0, 0.1) is 0 Å². The number of rotatable bonds is 2. The maximum atomic E-state index is 11.2. The molecule has 0 radical (unpaired) electrons. The smallest absolute Gasteiger partial charge is 0.335 e. The number of oxime groups is 1. The number of nitrogens with one attached hydrogen (secondary N) is 1. The molecule has 130 valence electrons. The summed E-state index contributed by atoms with van der Waals surface area (Å²) in [6, 6.07) is 18.3. The molecule has 1 aliphatic rings. The fourth-order valence-electron chi connectivity index (χ4n) is 3.67. The molecule has 0 amide bonds. The van der Waals surface area contributed by atoms with Crippen LogP contribution in [0.15, 0.2) is 65.8 Å². The first-order chi connectivity index (χ1) is 13.2. The summed E-state index contributed by atoms with van der Waals surface area (Å²) in [6.07, 6.45) is 0. The van der Waals surface area contributed by atoms with Crippen LogP contribution in [0.4, 0.5) is 0 Å². The van der Waals surface area contributed by atoms with E-state index < -0.39 is 5.97 Å². The minimum absolute atomic E-state index is 0.205. The quantitative estimate of drug-likeness (QED) is 0.327. The lowest BCUT2D eigenvalue weighted by Crippen LogP contribution is -1.97. The molecule has 0 atom stereocenters. The zero-order valence-corrected chi connectivity index (χ0v) is 14.0. The van der Waals surface area contributed by atoms with Gasteiger partial charge in [-0.3, -0.25) is 0 Å². The second kappa shape index (κ2) is 5.54. The van der Waals surface area contributed by atoms with Crippen molar-refractivity contribution in [2.45, 2.75) is 0 Å². The number of imidazole rings is 1. The highest BCUT2D eigenvalue weighted by atomic mass is 16.4. The number of carbonyl (C=O) groups is 1. The number of aromatic amines is 1. The van der Waals surface area contributed by atoms with Crippen molar-refractivity contribution >= 4 is 22.7 Å². The summed E-state index contributed by atoms with van der Waals surface area (Å²) >= 11 is 0. The number of hydrogen-bond donors (Lipinski definition) is 3. The first-order valence-corrected chi connectivity index (χ1v) is 8.36. The van der Waals surface area contributed by atoms with Crippen molar-refractivity contribution in [2.75, 3.05) is 0 Å². The zero-order chi connectivity index (χ0) is 18.5. The van der Waals surface area contributed by atoms with Crippen LogP contribution in [0.3, 0.4) is 0 Å². The number of aromatic nitrogens is 2. The maximum Gasteiger partial charge on any atom is 0.335 e. The van der Waals surface area contributed by atoms with Crippen molar-refractivity contribution in [3.05, 3.63) is 77.4 Å². The Bertz CT molecular complexity index is 1270. The normalized spacial score (nSPS) is 13.7. The number of H-pyrrole nitrogens is 1. The minimum atomic E-state index is -0.980. The Morgan fingerprint density at radius 1 is 0.926 bits per heavy atom. The standard InChI is InChI=1S/C21H13N3O3/c25-21(26)11-8-9-16-17(10-11)23-20(22-16)15-7-3-6-14-18(15)12-4-1-2-5-13(12)19(14)24-27/h1-10,27H,(H,22,23)(H,25,26)/b24-19-. The Balaban J connectivity index is 1.77. The third kappa shape index (κ3) is 2.17. The molecule has 0 unspecified atom stereocenters. The van der Waals surface area contributed by atoms with Crippen molar-refractivity contribution in [1.82, 2.24) is 9.97 Å². The van der Waals surface area contributed by atoms with Gasteiger partial charge in [-0.15, -0.1) is 0 Å². The summed E-state index contributed by atoms with van der Waals surface area (Å²) in [7, 11) is 0. The van der Waals surface area contributed by atoms with Crippen molar-refractivity contribution in [3.8, 4) is 22.5 Å². The van der Waals surface area contributed by atoms with E-state index in [0.717, 1.165) is 27.8 Å². The first-order valence-electron chi connectivity index (χ1n) is 8.36. The number of fused-ring (bicyclic) bond motifs is 4. The van der Waals surface area contributed by atoms with E-state index in [9.17, 15) is 15.1 Å². The lowest BCUT2D eigenvalue weighted by atomic mass is 9.99. The summed E-state index contributed by atoms with van der Waals surface area (Å²) in [5.74, 6) is -0.343. The van der Waals surface area contributed by atoms with Gasteiger partial charge >= 0.3 is 5.97 Å². The van der Waals surface area contributed by atoms with Crippen LogP contribution in [0.25, 0.3) is 33.5 Å². The Hall–Kier alpha value is -3.93. The van der Waals surface area contributed by atoms with Gasteiger partial charge in [0.2, 0.25) is 0 Å². The SMILES string of the molecule is O=C(O)c1ccc2nc(-c3cccc4c3-c3ccccc3/C4=N/O)[nH]c2c1. The fraction of sp³-hybridized carbons (Fsp3) is 0. The van der Waals surface area contributed by atoms with Gasteiger partial charge in [0.15, 0.2) is 0 Å². The molecule has 1 aromatic heterocycles. The molecule has 1 aliphatic carbocycles. The molecule has 27 heavy (non-hydrogen) atoms. The van der Waals surface area contributed by atoms with E-state index in [2.05, 4.69) is 15.1 Å². The van der Waals surface area contributed by atoms with Gasteiger partial charge in [-0.05, 0) is 23.8 Å². The van der Waals surface area contributed by atoms with E-state index in [0.29, 0.717) is 22.6 Å². The van der Waals surface area contributed by atoms with Gasteiger partial charge in [-0.1, -0.05) is 47.6 Å². The fourth-order valence-corrected chi connectivity index (χ4v) is 3.67. The molecule has 4 aromatic rings. The summed E-state index contributed by atoms with van der Waals surface area (Å²) < 4.78 is 0. The first kappa shape index (κ1) is 15.3. The molecule has 3 N–H and O–H groups in total. The van der Waals surface area contributed by atoms with Crippen LogP contribution < -0.4 is 0 Å². The Morgan fingerprint density at radius 3 is 2.44 bits per heavy atom. The van der Waals surface area contributed by atoms with Gasteiger partial charge in [0.1, 0.15) is 11.5 Å². The van der Waals surface area contributed by atoms with Gasteiger partial charge in [0.05, 0.1) is 16.6 Å². The van der Waals surface area contributed by atoms with Gasteiger partial charge in [0, 0.05) is 22.3 Å². The topological polar surface area (TPSA) is 98.6 Å². The van der Waals surface area contributed by atoms with E-state index in [1.807, 2.05) is 42.5 Å². The average Bonchev–Trinajstić information content (AvgIpc) is 3.25. The minimum Gasteiger partial charge on any atom is -0.478 e. The second-order valence-corrected chi connectivity index (χ2v) is 6.34.